The quantitative estimate of drug-likeness (QED) is 0.928. The molecule has 0 aliphatic carbocycles. The zero-order valence-electron chi connectivity index (χ0n) is 13.4. The van der Waals surface area contributed by atoms with Crippen molar-refractivity contribution in [1.29, 1.82) is 0 Å². The highest BCUT2D eigenvalue weighted by Crippen LogP contribution is 2.23. The lowest BCUT2D eigenvalue weighted by atomic mass is 9.97. The maximum atomic E-state index is 12.5. The van der Waals surface area contributed by atoms with Gasteiger partial charge in [-0.1, -0.05) is 0 Å². The van der Waals surface area contributed by atoms with E-state index in [1.807, 2.05) is 34.1 Å². The molecule has 0 atom stereocenters. The van der Waals surface area contributed by atoms with Crippen molar-refractivity contribution in [3.05, 3.63) is 29.8 Å². The lowest BCUT2D eigenvalue weighted by Gasteiger charge is -2.31. The second kappa shape index (κ2) is 7.13. The summed E-state index contributed by atoms with van der Waals surface area (Å²) in [5.74, 6) is 0.533. The van der Waals surface area contributed by atoms with Crippen molar-refractivity contribution in [2.45, 2.75) is 32.1 Å². The molecule has 2 amide bonds. The Kier molecular flexibility index (Phi) is 4.96. The number of amides is 2. The summed E-state index contributed by atoms with van der Waals surface area (Å²) < 4.78 is 0. The van der Waals surface area contributed by atoms with Gasteiger partial charge in [-0.15, -0.1) is 0 Å². The number of benzene rings is 1. The Balaban J connectivity index is 1.65. The third-order valence-electron chi connectivity index (χ3n) is 4.91. The molecule has 1 aromatic carbocycles. The van der Waals surface area contributed by atoms with E-state index in [1.54, 1.807) is 0 Å². The van der Waals surface area contributed by atoms with E-state index in [9.17, 15) is 14.7 Å². The molecule has 5 heteroatoms. The van der Waals surface area contributed by atoms with Crippen molar-refractivity contribution in [2.24, 2.45) is 5.92 Å². The predicted molar refractivity (Wildman–Crippen MR) is 88.4 cm³/mol. The van der Waals surface area contributed by atoms with E-state index in [4.69, 9.17) is 0 Å². The number of aliphatic hydroxyl groups excluding tert-OH is 1. The Labute approximate surface area is 136 Å². The summed E-state index contributed by atoms with van der Waals surface area (Å²) in [6, 6.07) is 7.38. The minimum absolute atomic E-state index is 0.0397. The first-order valence-corrected chi connectivity index (χ1v) is 8.49. The molecule has 2 fully saturated rings. The fourth-order valence-corrected chi connectivity index (χ4v) is 3.36. The van der Waals surface area contributed by atoms with E-state index in [2.05, 4.69) is 0 Å². The number of aliphatic hydroxyl groups is 1. The van der Waals surface area contributed by atoms with Crippen LogP contribution in [0.5, 0.6) is 0 Å². The van der Waals surface area contributed by atoms with Gasteiger partial charge in [0.15, 0.2) is 0 Å². The van der Waals surface area contributed by atoms with Crippen LogP contribution in [0.2, 0.25) is 0 Å². The molecule has 0 bridgehead atoms. The number of rotatable bonds is 3. The van der Waals surface area contributed by atoms with Crippen LogP contribution in [0.25, 0.3) is 0 Å². The van der Waals surface area contributed by atoms with E-state index < -0.39 is 0 Å². The minimum atomic E-state index is 0.0397. The largest absolute Gasteiger partial charge is 0.396 e. The van der Waals surface area contributed by atoms with Crippen LogP contribution in [0.15, 0.2) is 24.3 Å². The molecule has 2 aliphatic heterocycles. The molecule has 2 saturated heterocycles. The van der Waals surface area contributed by atoms with E-state index in [0.29, 0.717) is 31.0 Å². The van der Waals surface area contributed by atoms with Crippen LogP contribution in [0.3, 0.4) is 0 Å². The topological polar surface area (TPSA) is 60.9 Å². The molecular formula is C18H24N2O3. The van der Waals surface area contributed by atoms with Gasteiger partial charge in [0.25, 0.3) is 5.91 Å². The summed E-state index contributed by atoms with van der Waals surface area (Å²) in [4.78, 5) is 28.1. The molecule has 23 heavy (non-hydrogen) atoms. The predicted octanol–water partition coefficient (Wildman–Crippen LogP) is 2.05. The summed E-state index contributed by atoms with van der Waals surface area (Å²) in [5.41, 5.74) is 1.55. The van der Waals surface area contributed by atoms with Crippen LogP contribution in [0, 0.1) is 5.92 Å². The molecule has 5 nitrogen and oxygen atoms in total. The van der Waals surface area contributed by atoms with Gasteiger partial charge < -0.3 is 14.9 Å². The molecule has 1 aromatic rings. The van der Waals surface area contributed by atoms with Gasteiger partial charge in [-0.2, -0.15) is 0 Å². The molecule has 0 saturated carbocycles. The van der Waals surface area contributed by atoms with Gasteiger partial charge in [-0.25, -0.2) is 0 Å². The molecule has 2 heterocycles. The first-order valence-electron chi connectivity index (χ1n) is 8.49. The zero-order chi connectivity index (χ0) is 16.2. The number of piperidine rings is 2. The Morgan fingerprint density at radius 3 is 2.39 bits per heavy atom. The van der Waals surface area contributed by atoms with E-state index in [0.717, 1.165) is 37.9 Å². The molecule has 0 unspecified atom stereocenters. The van der Waals surface area contributed by atoms with Crippen LogP contribution >= 0.6 is 0 Å². The summed E-state index contributed by atoms with van der Waals surface area (Å²) in [7, 11) is 0. The molecular weight excluding hydrogens is 292 g/mol. The maximum Gasteiger partial charge on any atom is 0.253 e. The third-order valence-corrected chi connectivity index (χ3v) is 4.91. The number of anilines is 1. The fourth-order valence-electron chi connectivity index (χ4n) is 3.36. The van der Waals surface area contributed by atoms with Crippen molar-refractivity contribution in [3.63, 3.8) is 0 Å². The summed E-state index contributed by atoms with van der Waals surface area (Å²) in [5, 5.41) is 9.17. The number of hydrogen-bond donors (Lipinski definition) is 1. The monoisotopic (exact) mass is 316 g/mol. The lowest BCUT2D eigenvalue weighted by Crippen LogP contribution is -2.39. The van der Waals surface area contributed by atoms with Crippen LogP contribution in [0.4, 0.5) is 5.69 Å². The standard InChI is InChI=1S/C18H24N2O3/c21-13-14-8-11-19(12-9-14)18(23)15-4-6-16(7-5-15)20-10-2-1-3-17(20)22/h4-7,14,21H,1-3,8-13H2. The van der Waals surface area contributed by atoms with Gasteiger partial charge in [-0.05, 0) is 55.9 Å². The zero-order valence-corrected chi connectivity index (χ0v) is 13.4. The first kappa shape index (κ1) is 16.0. The van der Waals surface area contributed by atoms with Crippen molar-refractivity contribution in [1.82, 2.24) is 4.90 Å². The normalized spacial score (nSPS) is 20.0. The summed E-state index contributed by atoms with van der Waals surface area (Å²) in [6.45, 7) is 2.38. The highest BCUT2D eigenvalue weighted by Gasteiger charge is 2.24. The number of likely N-dealkylation sites (tertiary alicyclic amines) is 1. The SMILES string of the molecule is O=C(c1ccc(N2CCCCC2=O)cc1)N1CCC(CO)CC1. The van der Waals surface area contributed by atoms with Gasteiger partial charge in [-0.3, -0.25) is 9.59 Å². The van der Waals surface area contributed by atoms with E-state index in [-0.39, 0.29) is 18.4 Å². The first-order chi connectivity index (χ1) is 11.2. The van der Waals surface area contributed by atoms with Gasteiger partial charge in [0.1, 0.15) is 0 Å². The fraction of sp³-hybridized carbons (Fsp3) is 0.556. The van der Waals surface area contributed by atoms with E-state index in [1.165, 1.54) is 0 Å². The molecule has 2 aliphatic rings. The second-order valence-corrected chi connectivity index (χ2v) is 6.47. The minimum Gasteiger partial charge on any atom is -0.396 e. The van der Waals surface area contributed by atoms with Crippen molar-refractivity contribution < 1.29 is 14.7 Å². The van der Waals surface area contributed by atoms with Gasteiger partial charge in [0.2, 0.25) is 5.91 Å². The number of carbonyl (C=O) groups is 2. The Morgan fingerprint density at radius 1 is 1.09 bits per heavy atom. The highest BCUT2D eigenvalue weighted by molar-refractivity contribution is 5.97. The Hall–Kier alpha value is -1.88. The average molecular weight is 316 g/mol. The number of hydrogen-bond acceptors (Lipinski definition) is 3. The lowest BCUT2D eigenvalue weighted by molar-refractivity contribution is -0.119. The molecule has 124 valence electrons. The molecule has 0 aromatic heterocycles. The second-order valence-electron chi connectivity index (χ2n) is 6.47. The summed E-state index contributed by atoms with van der Waals surface area (Å²) in [6.07, 6.45) is 4.34. The van der Waals surface area contributed by atoms with Gasteiger partial charge >= 0.3 is 0 Å². The van der Waals surface area contributed by atoms with Crippen LogP contribution in [-0.4, -0.2) is 48.1 Å². The summed E-state index contributed by atoms with van der Waals surface area (Å²) >= 11 is 0. The van der Waals surface area contributed by atoms with Crippen LogP contribution in [0.1, 0.15) is 42.5 Å². The third kappa shape index (κ3) is 3.55. The van der Waals surface area contributed by atoms with Crippen molar-refractivity contribution in [2.75, 3.05) is 31.1 Å². The number of nitrogens with zero attached hydrogens (tertiary/aromatic N) is 2. The van der Waals surface area contributed by atoms with Crippen LogP contribution in [-0.2, 0) is 4.79 Å². The molecule has 1 N–H and O–H groups in total. The average Bonchev–Trinajstić information content (AvgIpc) is 2.62. The molecule has 0 radical (unpaired) electrons. The van der Waals surface area contributed by atoms with Gasteiger partial charge in [0, 0.05) is 43.9 Å². The van der Waals surface area contributed by atoms with Crippen molar-refractivity contribution in [3.8, 4) is 0 Å². The molecule has 3 rings (SSSR count). The number of carbonyl (C=O) groups excluding carboxylic acids is 2. The smallest absolute Gasteiger partial charge is 0.253 e. The van der Waals surface area contributed by atoms with E-state index >= 15 is 0 Å². The highest BCUT2D eigenvalue weighted by atomic mass is 16.3. The Bertz CT molecular complexity index is 562. The van der Waals surface area contributed by atoms with Crippen molar-refractivity contribution >= 4 is 17.5 Å². The van der Waals surface area contributed by atoms with Crippen LogP contribution < -0.4 is 4.90 Å². The maximum absolute atomic E-state index is 12.5. The molecule has 0 spiro atoms. The van der Waals surface area contributed by atoms with Gasteiger partial charge in [0.05, 0.1) is 0 Å². The Morgan fingerprint density at radius 2 is 1.78 bits per heavy atom.